The van der Waals surface area contributed by atoms with Crippen LogP contribution >= 0.6 is 11.8 Å². The van der Waals surface area contributed by atoms with E-state index in [2.05, 4.69) is 5.32 Å². The number of carbonyl (C=O) groups is 1. The molecule has 0 saturated heterocycles. The Bertz CT molecular complexity index is 831. The molecule has 0 spiro atoms. The van der Waals surface area contributed by atoms with Crippen LogP contribution in [0.1, 0.15) is 5.56 Å². The van der Waals surface area contributed by atoms with Crippen molar-refractivity contribution < 1.29 is 23.6 Å². The van der Waals surface area contributed by atoms with Crippen LogP contribution in [-0.4, -0.2) is 37.3 Å². The summed E-state index contributed by atoms with van der Waals surface area (Å²) in [5.41, 5.74) is 0.308. The summed E-state index contributed by atoms with van der Waals surface area (Å²) in [4.78, 5) is 23.1. The molecular weight excluding hydrogens is 375 g/mol. The minimum atomic E-state index is -0.507. The highest BCUT2D eigenvalue weighted by molar-refractivity contribution is 8.00. The number of hydrogen-bond donors (Lipinski definition) is 1. The molecule has 0 atom stereocenters. The standard InChI is InChI=1S/C18H19FN2O5S/c1-25-15-9-12(14(21(23)24)10-16(15)26-2)7-8-20-18(22)11-27-17-6-4-3-5-13(17)19/h3-6,9-10H,7-8,11H2,1-2H3,(H,20,22). The van der Waals surface area contributed by atoms with Gasteiger partial charge >= 0.3 is 0 Å². The highest BCUT2D eigenvalue weighted by atomic mass is 32.2. The fraction of sp³-hybridized carbons (Fsp3) is 0.278. The van der Waals surface area contributed by atoms with Crippen molar-refractivity contribution in [3.8, 4) is 11.5 Å². The number of nitrogens with one attached hydrogen (secondary N) is 1. The molecule has 0 bridgehead atoms. The third kappa shape index (κ3) is 5.58. The van der Waals surface area contributed by atoms with Crippen LogP contribution in [-0.2, 0) is 11.2 Å². The number of nitrogens with zero attached hydrogens (tertiary/aromatic N) is 1. The number of rotatable bonds is 9. The van der Waals surface area contributed by atoms with Crippen LogP contribution in [0.4, 0.5) is 10.1 Å². The lowest BCUT2D eigenvalue weighted by atomic mass is 10.1. The first-order valence-electron chi connectivity index (χ1n) is 7.99. The number of nitro benzene ring substituents is 1. The molecule has 144 valence electrons. The van der Waals surface area contributed by atoms with E-state index >= 15 is 0 Å². The Labute approximate surface area is 160 Å². The Morgan fingerprint density at radius 3 is 2.52 bits per heavy atom. The summed E-state index contributed by atoms with van der Waals surface area (Å²) in [5, 5.41) is 13.9. The van der Waals surface area contributed by atoms with Crippen molar-refractivity contribution in [3.05, 3.63) is 57.9 Å². The number of hydrogen-bond acceptors (Lipinski definition) is 6. The number of methoxy groups -OCH3 is 2. The maximum absolute atomic E-state index is 13.5. The second kappa shape index (κ2) is 9.77. The van der Waals surface area contributed by atoms with Crippen LogP contribution in [0.5, 0.6) is 11.5 Å². The summed E-state index contributed by atoms with van der Waals surface area (Å²) in [6.45, 7) is 0.201. The zero-order valence-electron chi connectivity index (χ0n) is 14.9. The second-order valence-corrected chi connectivity index (χ2v) is 6.43. The van der Waals surface area contributed by atoms with E-state index in [-0.39, 0.29) is 41.9 Å². The van der Waals surface area contributed by atoms with Gasteiger partial charge in [-0.25, -0.2) is 4.39 Å². The SMILES string of the molecule is COc1cc(CCNC(=O)CSc2ccccc2F)c([N+](=O)[O-])cc1OC. The van der Waals surface area contributed by atoms with E-state index in [4.69, 9.17) is 9.47 Å². The zero-order valence-corrected chi connectivity index (χ0v) is 15.7. The molecule has 2 rings (SSSR count). The Hall–Kier alpha value is -2.81. The number of carbonyl (C=O) groups excluding carboxylic acids is 1. The average molecular weight is 394 g/mol. The summed E-state index contributed by atoms with van der Waals surface area (Å²) in [6.07, 6.45) is 0.243. The minimum absolute atomic E-state index is 0.0506. The molecule has 0 saturated carbocycles. The highest BCUT2D eigenvalue weighted by Gasteiger charge is 2.19. The van der Waals surface area contributed by atoms with Crippen molar-refractivity contribution in [1.29, 1.82) is 0 Å². The van der Waals surface area contributed by atoms with E-state index in [9.17, 15) is 19.3 Å². The van der Waals surface area contributed by atoms with Gasteiger partial charge in [0, 0.05) is 17.0 Å². The summed E-state index contributed by atoms with van der Waals surface area (Å²) in [5.74, 6) is 0.0232. The first-order valence-corrected chi connectivity index (χ1v) is 8.98. The zero-order chi connectivity index (χ0) is 19.8. The number of nitro groups is 1. The molecule has 0 aromatic heterocycles. The van der Waals surface area contributed by atoms with Gasteiger partial charge < -0.3 is 14.8 Å². The van der Waals surface area contributed by atoms with Gasteiger partial charge in [-0.2, -0.15) is 0 Å². The molecule has 0 radical (unpaired) electrons. The van der Waals surface area contributed by atoms with Crippen molar-refractivity contribution in [1.82, 2.24) is 5.32 Å². The maximum Gasteiger partial charge on any atom is 0.276 e. The number of amides is 1. The molecule has 0 aliphatic carbocycles. The van der Waals surface area contributed by atoms with E-state index in [0.29, 0.717) is 16.2 Å². The van der Waals surface area contributed by atoms with Crippen LogP contribution < -0.4 is 14.8 Å². The fourth-order valence-electron chi connectivity index (χ4n) is 2.37. The van der Waals surface area contributed by atoms with Gasteiger partial charge in [0.25, 0.3) is 5.69 Å². The van der Waals surface area contributed by atoms with Gasteiger partial charge in [-0.05, 0) is 24.6 Å². The number of ether oxygens (including phenoxy) is 2. The van der Waals surface area contributed by atoms with Crippen LogP contribution in [0.25, 0.3) is 0 Å². The van der Waals surface area contributed by atoms with Crippen molar-refractivity contribution in [2.24, 2.45) is 0 Å². The van der Waals surface area contributed by atoms with Crippen LogP contribution in [0, 0.1) is 15.9 Å². The van der Waals surface area contributed by atoms with Gasteiger partial charge in [-0.1, -0.05) is 12.1 Å². The number of halogens is 1. The van der Waals surface area contributed by atoms with Crippen LogP contribution in [0.15, 0.2) is 41.3 Å². The summed E-state index contributed by atoms with van der Waals surface area (Å²) in [6, 6.07) is 9.02. The summed E-state index contributed by atoms with van der Waals surface area (Å²) < 4.78 is 23.8. The third-order valence-electron chi connectivity index (χ3n) is 3.69. The molecule has 7 nitrogen and oxygen atoms in total. The molecule has 0 heterocycles. The lowest BCUT2D eigenvalue weighted by Gasteiger charge is -2.11. The minimum Gasteiger partial charge on any atom is -0.493 e. The largest absolute Gasteiger partial charge is 0.493 e. The molecule has 0 unspecified atom stereocenters. The monoisotopic (exact) mass is 394 g/mol. The fourth-order valence-corrected chi connectivity index (χ4v) is 3.14. The second-order valence-electron chi connectivity index (χ2n) is 5.41. The smallest absolute Gasteiger partial charge is 0.276 e. The van der Waals surface area contributed by atoms with Gasteiger partial charge in [-0.15, -0.1) is 11.8 Å². The van der Waals surface area contributed by atoms with Gasteiger partial charge in [-0.3, -0.25) is 14.9 Å². The summed E-state index contributed by atoms with van der Waals surface area (Å²) in [7, 11) is 2.84. The number of benzene rings is 2. The van der Waals surface area contributed by atoms with E-state index in [0.717, 1.165) is 11.8 Å². The highest BCUT2D eigenvalue weighted by Crippen LogP contribution is 2.34. The van der Waals surface area contributed by atoms with Gasteiger partial charge in [0.15, 0.2) is 11.5 Å². The molecule has 1 amide bonds. The molecular formula is C18H19FN2O5S. The third-order valence-corrected chi connectivity index (χ3v) is 4.74. The van der Waals surface area contributed by atoms with E-state index < -0.39 is 4.92 Å². The first-order chi connectivity index (χ1) is 13.0. The van der Waals surface area contributed by atoms with Crippen LogP contribution in [0.2, 0.25) is 0 Å². The summed E-state index contributed by atoms with van der Waals surface area (Å²) >= 11 is 1.09. The lowest BCUT2D eigenvalue weighted by molar-refractivity contribution is -0.385. The van der Waals surface area contributed by atoms with Crippen molar-refractivity contribution in [2.45, 2.75) is 11.3 Å². The Morgan fingerprint density at radius 2 is 1.89 bits per heavy atom. The van der Waals surface area contributed by atoms with E-state index in [1.807, 2.05) is 0 Å². The quantitative estimate of drug-likeness (QED) is 0.399. The van der Waals surface area contributed by atoms with Gasteiger partial charge in [0.1, 0.15) is 5.82 Å². The van der Waals surface area contributed by atoms with E-state index in [1.165, 1.54) is 32.4 Å². The van der Waals surface area contributed by atoms with Crippen molar-refractivity contribution >= 4 is 23.4 Å². The Morgan fingerprint density at radius 1 is 1.22 bits per heavy atom. The van der Waals surface area contributed by atoms with Crippen molar-refractivity contribution in [2.75, 3.05) is 26.5 Å². The molecule has 2 aromatic rings. The molecule has 0 fully saturated rings. The Balaban J connectivity index is 1.95. The predicted octanol–water partition coefficient (Wildman–Crippen LogP) is 3.20. The predicted molar refractivity (Wildman–Crippen MR) is 100 cm³/mol. The average Bonchev–Trinajstić information content (AvgIpc) is 2.66. The molecule has 0 aliphatic heterocycles. The number of thioether (sulfide) groups is 1. The molecule has 0 aliphatic rings. The van der Waals surface area contributed by atoms with E-state index in [1.54, 1.807) is 18.2 Å². The van der Waals surface area contributed by atoms with Crippen LogP contribution in [0.3, 0.4) is 0 Å². The Kier molecular flexibility index (Phi) is 7.42. The molecule has 27 heavy (non-hydrogen) atoms. The topological polar surface area (TPSA) is 90.7 Å². The van der Waals surface area contributed by atoms with Crippen molar-refractivity contribution in [3.63, 3.8) is 0 Å². The normalized spacial score (nSPS) is 10.3. The maximum atomic E-state index is 13.5. The van der Waals surface area contributed by atoms with Gasteiger partial charge in [0.2, 0.25) is 5.91 Å². The molecule has 9 heteroatoms. The molecule has 1 N–H and O–H groups in total. The first kappa shape index (κ1) is 20.5. The lowest BCUT2D eigenvalue weighted by Crippen LogP contribution is -2.27. The van der Waals surface area contributed by atoms with Gasteiger partial charge in [0.05, 0.1) is 31.0 Å². The molecule has 2 aromatic carbocycles.